The van der Waals surface area contributed by atoms with E-state index in [1.807, 2.05) is 6.07 Å². The molecule has 28 heavy (non-hydrogen) atoms. The molecule has 4 aromatic carbocycles. The molecule has 0 amide bonds. The second-order valence-corrected chi connectivity index (χ2v) is 8.94. The van der Waals surface area contributed by atoms with Crippen molar-refractivity contribution < 1.29 is 50.7 Å². The van der Waals surface area contributed by atoms with Crippen LogP contribution in [0.5, 0.6) is 0 Å². The van der Waals surface area contributed by atoms with E-state index in [-0.39, 0.29) is 58.6 Å². The maximum Gasteiger partial charge on any atom is 4.00 e. The third kappa shape index (κ3) is 5.39. The molecule has 4 heteroatoms. The van der Waals surface area contributed by atoms with Crippen LogP contribution >= 0.6 is 7.92 Å². The molecule has 4 aromatic rings. The number of halogens is 2. The van der Waals surface area contributed by atoms with E-state index in [0.717, 1.165) is 6.42 Å². The molecule has 0 unspecified atom stereocenters. The van der Waals surface area contributed by atoms with Gasteiger partial charge in [0.1, 0.15) is 0 Å². The number of rotatable bonds is 1. The molecule has 0 saturated carbocycles. The fourth-order valence-electron chi connectivity index (χ4n) is 3.39. The van der Waals surface area contributed by atoms with Crippen LogP contribution in [0, 0.1) is 6.07 Å². The van der Waals surface area contributed by atoms with Gasteiger partial charge in [-0.05, 0) is 19.8 Å². The molecule has 0 N–H and O–H groups in total. The fraction of sp³-hybridized carbons (Fsp3) is 0.125. The quantitative estimate of drug-likeness (QED) is 0.147. The van der Waals surface area contributed by atoms with Crippen molar-refractivity contribution in [2.75, 3.05) is 13.3 Å². The van der Waals surface area contributed by atoms with E-state index in [2.05, 4.69) is 92.2 Å². The average molecular weight is 590 g/mol. The summed E-state index contributed by atoms with van der Waals surface area (Å²) in [6, 6.07) is 31.3. The first-order valence-corrected chi connectivity index (χ1v) is 10.9. The summed E-state index contributed by atoms with van der Waals surface area (Å²) < 4.78 is 0. The molecule has 0 heterocycles. The molecular weight excluding hydrogens is 569 g/mol. The summed E-state index contributed by atoms with van der Waals surface area (Å²) in [6.45, 7) is 4.59. The smallest absolute Gasteiger partial charge is 1.00 e. The van der Waals surface area contributed by atoms with Gasteiger partial charge >= 0.3 is 25.8 Å². The minimum Gasteiger partial charge on any atom is -1.00 e. The molecule has 0 spiro atoms. The summed E-state index contributed by atoms with van der Waals surface area (Å²) in [4.78, 5) is 0. The second-order valence-electron chi connectivity index (χ2n) is 6.63. The number of fused-ring (bicyclic) bond motifs is 4. The maximum absolute atomic E-state index is 3.30. The van der Waals surface area contributed by atoms with E-state index < -0.39 is 0 Å². The van der Waals surface area contributed by atoms with E-state index in [1.54, 1.807) is 0 Å². The van der Waals surface area contributed by atoms with Gasteiger partial charge in [-0.3, -0.25) is 0 Å². The minimum absolute atomic E-state index is 0. The van der Waals surface area contributed by atoms with Gasteiger partial charge in [-0.25, -0.2) is 0 Å². The Morgan fingerprint density at radius 1 is 0.857 bits per heavy atom. The number of hydrogen-bond donors (Lipinski definition) is 0. The summed E-state index contributed by atoms with van der Waals surface area (Å²) in [5.74, 6) is 0. The minimum atomic E-state index is 0. The fourth-order valence-corrected chi connectivity index (χ4v) is 4.18. The van der Waals surface area contributed by atoms with Crippen LogP contribution in [0.1, 0.15) is 11.1 Å². The molecule has 0 radical (unpaired) electrons. The Morgan fingerprint density at radius 2 is 1.54 bits per heavy atom. The standard InChI is InChI=1S/C13H9.C11H12P.2ClH.Hf/c1-3-7-12-10(5-1)9-11-6-2-4-8-13(11)12;1-12(2)11-7-9-5-3-4-6-10(9)8-11;;;/h1-5,7-8H,9H2;3-8H,1-2H3;2*1H;/q2*-1;;;+4/p-2. The predicted molar refractivity (Wildman–Crippen MR) is 111 cm³/mol. The zero-order chi connectivity index (χ0) is 17.2. The molecule has 0 aromatic heterocycles. The van der Waals surface area contributed by atoms with Crippen LogP contribution in [0.4, 0.5) is 0 Å². The van der Waals surface area contributed by atoms with Crippen LogP contribution < -0.4 is 30.1 Å². The zero-order valence-corrected chi connectivity index (χ0v) is 21.9. The molecule has 5 rings (SSSR count). The molecule has 0 saturated heterocycles. The summed E-state index contributed by atoms with van der Waals surface area (Å²) in [5.41, 5.74) is 5.51. The molecule has 0 aliphatic heterocycles. The van der Waals surface area contributed by atoms with E-state index >= 15 is 0 Å². The zero-order valence-electron chi connectivity index (χ0n) is 15.9. The van der Waals surface area contributed by atoms with Gasteiger partial charge in [0.05, 0.1) is 0 Å². The third-order valence-corrected chi connectivity index (χ3v) is 6.03. The summed E-state index contributed by atoms with van der Waals surface area (Å²) in [5, 5.41) is 4.26. The Hall–Kier alpha value is -0.850. The molecule has 0 bridgehead atoms. The topological polar surface area (TPSA) is 0 Å². The van der Waals surface area contributed by atoms with Crippen molar-refractivity contribution in [3.8, 4) is 11.1 Å². The normalized spacial score (nSPS) is 10.5. The van der Waals surface area contributed by atoms with Crippen molar-refractivity contribution in [2.45, 2.75) is 6.42 Å². The van der Waals surface area contributed by atoms with E-state index in [1.165, 1.54) is 38.3 Å². The molecule has 140 valence electrons. The van der Waals surface area contributed by atoms with Crippen LogP contribution in [0.2, 0.25) is 0 Å². The molecule has 0 atom stereocenters. The molecule has 0 fully saturated rings. The van der Waals surface area contributed by atoms with Crippen LogP contribution in [-0.4, -0.2) is 13.3 Å². The molecule has 1 aliphatic rings. The van der Waals surface area contributed by atoms with E-state index in [4.69, 9.17) is 0 Å². The summed E-state index contributed by atoms with van der Waals surface area (Å²) >= 11 is 0. The predicted octanol–water partition coefficient (Wildman–Crippen LogP) is -0.0110. The van der Waals surface area contributed by atoms with Crippen LogP contribution in [0.25, 0.3) is 21.9 Å². The Bertz CT molecular complexity index is 947. The van der Waals surface area contributed by atoms with Gasteiger partial charge in [0.25, 0.3) is 0 Å². The molecule has 1 aliphatic carbocycles. The van der Waals surface area contributed by atoms with Crippen molar-refractivity contribution in [3.05, 3.63) is 96.1 Å². The second kappa shape index (κ2) is 11.4. The number of hydrogen-bond acceptors (Lipinski definition) is 0. The van der Waals surface area contributed by atoms with Gasteiger partial charge in [0, 0.05) is 0 Å². The summed E-state index contributed by atoms with van der Waals surface area (Å²) in [7, 11) is 0.0576. The van der Waals surface area contributed by atoms with Crippen molar-refractivity contribution in [3.63, 3.8) is 0 Å². The monoisotopic (exact) mass is 590 g/mol. The molecular formula is C24H21Cl2HfP. The largest absolute Gasteiger partial charge is 4.00 e. The summed E-state index contributed by atoms with van der Waals surface area (Å²) in [6.07, 6.45) is 1.05. The number of benzene rings is 3. The van der Waals surface area contributed by atoms with E-state index in [0.29, 0.717) is 0 Å². The van der Waals surface area contributed by atoms with Crippen molar-refractivity contribution in [1.29, 1.82) is 0 Å². The van der Waals surface area contributed by atoms with Crippen molar-refractivity contribution >= 4 is 24.0 Å². The van der Waals surface area contributed by atoms with Crippen LogP contribution in [0.15, 0.2) is 78.9 Å². The van der Waals surface area contributed by atoms with Crippen molar-refractivity contribution in [2.24, 2.45) is 0 Å². The van der Waals surface area contributed by atoms with Crippen molar-refractivity contribution in [1.82, 2.24) is 0 Å². The van der Waals surface area contributed by atoms with Gasteiger partial charge < -0.3 is 24.8 Å². The maximum atomic E-state index is 3.30. The van der Waals surface area contributed by atoms with Gasteiger partial charge in [0.2, 0.25) is 0 Å². The van der Waals surface area contributed by atoms with Gasteiger partial charge in [-0.15, -0.1) is 53.8 Å². The Balaban J connectivity index is 0.000000254. The Labute approximate surface area is 200 Å². The first-order valence-electron chi connectivity index (χ1n) is 8.63. The third-order valence-electron chi connectivity index (χ3n) is 4.74. The Kier molecular flexibility index (Phi) is 10.2. The van der Waals surface area contributed by atoms with Gasteiger partial charge in [0.15, 0.2) is 0 Å². The van der Waals surface area contributed by atoms with Gasteiger partial charge in [-0.2, -0.15) is 35.9 Å². The first kappa shape index (κ1) is 25.2. The van der Waals surface area contributed by atoms with Crippen LogP contribution in [0.3, 0.4) is 0 Å². The van der Waals surface area contributed by atoms with E-state index in [9.17, 15) is 0 Å². The molecule has 0 nitrogen and oxygen atoms in total. The van der Waals surface area contributed by atoms with Gasteiger partial charge in [-0.1, -0.05) is 41.5 Å². The first-order chi connectivity index (χ1) is 12.2. The van der Waals surface area contributed by atoms with Crippen LogP contribution in [-0.2, 0) is 32.3 Å². The SMILES string of the molecule is CP(C)c1cc2ccccc2[cH-]1.[Cl-].[Cl-].[Hf+4].[c-]1cccc2c1Cc1ccccc1-2. The Morgan fingerprint density at radius 3 is 2.29 bits per heavy atom. The average Bonchev–Trinajstić information content (AvgIpc) is 3.24.